The zero-order chi connectivity index (χ0) is 21.0. The minimum absolute atomic E-state index is 0.0226. The Hall–Kier alpha value is -3.54. The summed E-state index contributed by atoms with van der Waals surface area (Å²) < 4.78 is 0. The molecule has 2 aromatic carbocycles. The van der Waals surface area contributed by atoms with Gasteiger partial charge >= 0.3 is 0 Å². The van der Waals surface area contributed by atoms with Gasteiger partial charge in [-0.1, -0.05) is 51.1 Å². The molecule has 6 heteroatoms. The number of hydrogen-bond donors (Lipinski definition) is 2. The first-order chi connectivity index (χ1) is 13.7. The molecule has 0 spiro atoms. The molecule has 3 aromatic rings. The van der Waals surface area contributed by atoms with Gasteiger partial charge in [-0.25, -0.2) is 0 Å². The Kier molecular flexibility index (Phi) is 5.73. The minimum Gasteiger partial charge on any atom is -0.338 e. The normalized spacial score (nSPS) is 11.0. The average molecular weight is 388 g/mol. The Morgan fingerprint density at radius 1 is 0.897 bits per heavy atom. The Labute approximate surface area is 170 Å². The predicted octanol–water partition coefficient (Wildman–Crippen LogP) is 4.97. The maximum absolute atomic E-state index is 12.4. The van der Waals surface area contributed by atoms with E-state index >= 15 is 0 Å². The van der Waals surface area contributed by atoms with Gasteiger partial charge in [-0.15, -0.1) is 10.2 Å². The first kappa shape index (κ1) is 20.2. The fourth-order valence-corrected chi connectivity index (χ4v) is 2.92. The van der Waals surface area contributed by atoms with Gasteiger partial charge in [0, 0.05) is 16.9 Å². The van der Waals surface area contributed by atoms with Gasteiger partial charge in [-0.3, -0.25) is 9.59 Å². The van der Waals surface area contributed by atoms with Crippen LogP contribution >= 0.6 is 0 Å². The van der Waals surface area contributed by atoms with Crippen molar-refractivity contribution in [1.82, 2.24) is 10.2 Å². The quantitative estimate of drug-likeness (QED) is 0.603. The molecule has 6 nitrogen and oxygen atoms in total. The summed E-state index contributed by atoms with van der Waals surface area (Å²) in [4.78, 5) is 23.9. The zero-order valence-corrected chi connectivity index (χ0v) is 17.0. The average Bonchev–Trinajstić information content (AvgIpc) is 2.68. The van der Waals surface area contributed by atoms with Crippen LogP contribution < -0.4 is 10.6 Å². The lowest BCUT2D eigenvalue weighted by Crippen LogP contribution is -2.16. The van der Waals surface area contributed by atoms with E-state index in [1.807, 2.05) is 18.2 Å². The highest BCUT2D eigenvalue weighted by Gasteiger charge is 2.18. The van der Waals surface area contributed by atoms with Gasteiger partial charge in [0.15, 0.2) is 17.3 Å². The molecule has 1 aromatic heterocycles. The smallest absolute Gasteiger partial charge is 0.276 e. The van der Waals surface area contributed by atoms with E-state index in [0.29, 0.717) is 17.1 Å². The summed E-state index contributed by atoms with van der Waals surface area (Å²) in [5.41, 5.74) is 3.34. The van der Waals surface area contributed by atoms with Gasteiger partial charge in [-0.05, 0) is 48.2 Å². The SMILES string of the molecule is CC(=O)c1cccc(NC(=O)c2ccc(Nc3ccccc3C(C)(C)C)nn2)c1. The molecule has 0 aliphatic rings. The topological polar surface area (TPSA) is 84.0 Å². The van der Waals surface area contributed by atoms with Gasteiger partial charge in [0.05, 0.1) is 0 Å². The second-order valence-corrected chi connectivity index (χ2v) is 7.82. The van der Waals surface area contributed by atoms with Crippen molar-refractivity contribution in [3.05, 3.63) is 77.5 Å². The van der Waals surface area contributed by atoms with Crippen LogP contribution in [0.2, 0.25) is 0 Å². The second-order valence-electron chi connectivity index (χ2n) is 7.82. The number of para-hydroxylation sites is 1. The van der Waals surface area contributed by atoms with E-state index in [1.54, 1.807) is 36.4 Å². The Morgan fingerprint density at radius 2 is 1.66 bits per heavy atom. The number of nitrogens with one attached hydrogen (secondary N) is 2. The molecule has 1 heterocycles. The fraction of sp³-hybridized carbons (Fsp3) is 0.217. The fourth-order valence-electron chi connectivity index (χ4n) is 2.92. The Balaban J connectivity index is 1.73. The molecule has 148 valence electrons. The third-order valence-electron chi connectivity index (χ3n) is 4.42. The van der Waals surface area contributed by atoms with Crippen molar-refractivity contribution in [3.8, 4) is 0 Å². The lowest BCUT2D eigenvalue weighted by Gasteiger charge is -2.23. The first-order valence-electron chi connectivity index (χ1n) is 9.36. The van der Waals surface area contributed by atoms with Crippen LogP contribution in [0.25, 0.3) is 0 Å². The standard InChI is InChI=1S/C23H24N4O2/c1-15(28)16-8-7-9-17(14-16)24-22(29)20-12-13-21(27-26-20)25-19-11-6-5-10-18(19)23(2,3)4/h5-14H,1-4H3,(H,24,29)(H,25,27). The summed E-state index contributed by atoms with van der Waals surface area (Å²) in [5, 5.41) is 14.2. The van der Waals surface area contributed by atoms with Gasteiger partial charge in [0.1, 0.15) is 0 Å². The number of anilines is 3. The lowest BCUT2D eigenvalue weighted by atomic mass is 9.86. The number of nitrogens with zero attached hydrogens (tertiary/aromatic N) is 2. The van der Waals surface area contributed by atoms with E-state index in [-0.39, 0.29) is 22.8 Å². The molecular weight excluding hydrogens is 364 g/mol. The number of ketones is 1. The number of benzene rings is 2. The van der Waals surface area contributed by atoms with E-state index in [4.69, 9.17) is 0 Å². The molecule has 3 rings (SSSR count). The molecule has 0 atom stereocenters. The number of Topliss-reactive ketones (excluding diaryl/α,β-unsaturated/α-hetero) is 1. The van der Waals surface area contributed by atoms with Gasteiger partial charge < -0.3 is 10.6 Å². The summed E-state index contributed by atoms with van der Waals surface area (Å²) in [6.45, 7) is 7.92. The van der Waals surface area contributed by atoms with Gasteiger partial charge in [-0.2, -0.15) is 0 Å². The van der Waals surface area contributed by atoms with E-state index in [2.05, 4.69) is 47.7 Å². The van der Waals surface area contributed by atoms with E-state index in [1.165, 1.54) is 6.92 Å². The molecule has 2 N–H and O–H groups in total. The Morgan fingerprint density at radius 3 is 2.31 bits per heavy atom. The van der Waals surface area contributed by atoms with Crippen molar-refractivity contribution in [2.24, 2.45) is 0 Å². The maximum atomic E-state index is 12.4. The highest BCUT2D eigenvalue weighted by Crippen LogP contribution is 2.30. The van der Waals surface area contributed by atoms with Crippen molar-refractivity contribution < 1.29 is 9.59 Å². The molecule has 29 heavy (non-hydrogen) atoms. The third kappa shape index (κ3) is 5.04. The molecular formula is C23H24N4O2. The third-order valence-corrected chi connectivity index (χ3v) is 4.42. The molecule has 0 aliphatic heterocycles. The van der Waals surface area contributed by atoms with Gasteiger partial charge in [0.25, 0.3) is 5.91 Å². The number of rotatable bonds is 5. The van der Waals surface area contributed by atoms with Crippen LogP contribution in [0.5, 0.6) is 0 Å². The molecule has 0 saturated carbocycles. The summed E-state index contributed by atoms with van der Waals surface area (Å²) in [7, 11) is 0. The van der Waals surface area contributed by atoms with Crippen LogP contribution in [0.15, 0.2) is 60.7 Å². The summed E-state index contributed by atoms with van der Waals surface area (Å²) in [6, 6.07) is 18.1. The van der Waals surface area contributed by atoms with Crippen molar-refractivity contribution in [2.45, 2.75) is 33.1 Å². The number of hydrogen-bond acceptors (Lipinski definition) is 5. The monoisotopic (exact) mass is 388 g/mol. The highest BCUT2D eigenvalue weighted by molar-refractivity contribution is 6.03. The Bertz CT molecular complexity index is 1040. The summed E-state index contributed by atoms with van der Waals surface area (Å²) >= 11 is 0. The first-order valence-corrected chi connectivity index (χ1v) is 9.36. The summed E-state index contributed by atoms with van der Waals surface area (Å²) in [6.07, 6.45) is 0. The van der Waals surface area contributed by atoms with Crippen molar-refractivity contribution >= 4 is 28.9 Å². The van der Waals surface area contributed by atoms with Crippen LogP contribution in [0.1, 0.15) is 54.1 Å². The summed E-state index contributed by atoms with van der Waals surface area (Å²) in [5.74, 6) is 0.100. The van der Waals surface area contributed by atoms with E-state index in [0.717, 1.165) is 11.3 Å². The lowest BCUT2D eigenvalue weighted by molar-refractivity contribution is 0.100. The van der Waals surface area contributed by atoms with Crippen molar-refractivity contribution in [1.29, 1.82) is 0 Å². The number of amides is 1. The van der Waals surface area contributed by atoms with E-state index in [9.17, 15) is 9.59 Å². The van der Waals surface area contributed by atoms with Crippen LogP contribution in [0.4, 0.5) is 17.2 Å². The largest absolute Gasteiger partial charge is 0.338 e. The van der Waals surface area contributed by atoms with Gasteiger partial charge in [0.2, 0.25) is 0 Å². The number of carbonyl (C=O) groups excluding carboxylic acids is 2. The molecule has 0 bridgehead atoms. The van der Waals surface area contributed by atoms with E-state index < -0.39 is 0 Å². The molecule has 1 amide bonds. The predicted molar refractivity (Wildman–Crippen MR) is 115 cm³/mol. The zero-order valence-electron chi connectivity index (χ0n) is 17.0. The molecule has 0 aliphatic carbocycles. The van der Waals surface area contributed by atoms with Crippen LogP contribution in [-0.2, 0) is 5.41 Å². The van der Waals surface area contributed by atoms with Crippen molar-refractivity contribution in [2.75, 3.05) is 10.6 Å². The maximum Gasteiger partial charge on any atom is 0.276 e. The van der Waals surface area contributed by atoms with Crippen LogP contribution in [-0.4, -0.2) is 21.9 Å². The molecule has 0 saturated heterocycles. The number of aromatic nitrogens is 2. The highest BCUT2D eigenvalue weighted by atomic mass is 16.2. The minimum atomic E-state index is -0.389. The molecule has 0 fully saturated rings. The van der Waals surface area contributed by atoms with Crippen LogP contribution in [0.3, 0.4) is 0 Å². The second kappa shape index (κ2) is 8.22. The van der Waals surface area contributed by atoms with Crippen molar-refractivity contribution in [3.63, 3.8) is 0 Å². The number of carbonyl (C=O) groups is 2. The molecule has 0 unspecified atom stereocenters. The molecule has 0 radical (unpaired) electrons. The van der Waals surface area contributed by atoms with Crippen LogP contribution in [0, 0.1) is 0 Å².